The first-order valence-corrected chi connectivity index (χ1v) is 12.8. The highest BCUT2D eigenvalue weighted by molar-refractivity contribution is 5.55. The van der Waals surface area contributed by atoms with Crippen molar-refractivity contribution in [2.75, 3.05) is 6.61 Å². The lowest BCUT2D eigenvalue weighted by molar-refractivity contribution is 0.221. The maximum absolute atomic E-state index is 11.1. The van der Waals surface area contributed by atoms with Gasteiger partial charge in [0.05, 0.1) is 6.61 Å². The molecule has 0 aliphatic carbocycles. The first-order chi connectivity index (χ1) is 17.7. The van der Waals surface area contributed by atoms with Crippen molar-refractivity contribution in [3.8, 4) is 17.2 Å². The van der Waals surface area contributed by atoms with Crippen LogP contribution in [0.15, 0.2) is 81.3 Å². The molecule has 1 atom stereocenters. The second kappa shape index (κ2) is 11.3. The van der Waals surface area contributed by atoms with E-state index in [0.717, 1.165) is 73.1 Å². The number of aromatic hydroxyl groups is 1. The van der Waals surface area contributed by atoms with Gasteiger partial charge in [-0.15, -0.1) is 10.2 Å². The molecular weight excluding hydrogens is 452 g/mol. The molecule has 7 nitrogen and oxygen atoms in total. The van der Waals surface area contributed by atoms with E-state index in [4.69, 9.17) is 9.47 Å². The molecule has 0 saturated heterocycles. The van der Waals surface area contributed by atoms with Crippen LogP contribution in [0.2, 0.25) is 0 Å². The third-order valence-electron chi connectivity index (χ3n) is 6.78. The van der Waals surface area contributed by atoms with Gasteiger partial charge in [0.1, 0.15) is 23.4 Å². The molecule has 0 radical (unpaired) electrons. The number of aryl methyl sites for hydroxylation is 2. The van der Waals surface area contributed by atoms with Crippen molar-refractivity contribution in [3.05, 3.63) is 88.5 Å². The molecule has 2 aliphatic heterocycles. The molecule has 186 valence electrons. The number of nitrogens with zero attached hydrogens (tertiary/aromatic N) is 4. The van der Waals surface area contributed by atoms with E-state index in [1.165, 1.54) is 11.1 Å². The van der Waals surface area contributed by atoms with Crippen LogP contribution in [0.4, 0.5) is 0 Å². The number of rotatable bonds is 11. The monoisotopic (exact) mass is 484 g/mol. The zero-order chi connectivity index (χ0) is 24.7. The summed E-state index contributed by atoms with van der Waals surface area (Å²) < 4.78 is 12.3. The number of hydrogen-bond donors (Lipinski definition) is 1. The van der Waals surface area contributed by atoms with Gasteiger partial charge in [0.15, 0.2) is 0 Å². The van der Waals surface area contributed by atoms with Gasteiger partial charge in [-0.25, -0.2) is 0 Å². The van der Waals surface area contributed by atoms with E-state index in [9.17, 15) is 5.11 Å². The molecule has 0 aromatic heterocycles. The van der Waals surface area contributed by atoms with Gasteiger partial charge < -0.3 is 14.6 Å². The molecule has 0 bridgehead atoms. The van der Waals surface area contributed by atoms with Crippen LogP contribution in [-0.4, -0.2) is 17.8 Å². The van der Waals surface area contributed by atoms with Gasteiger partial charge in [0.25, 0.3) is 0 Å². The first-order valence-electron chi connectivity index (χ1n) is 12.8. The third kappa shape index (κ3) is 5.56. The lowest BCUT2D eigenvalue weighted by Crippen LogP contribution is -2.13. The van der Waals surface area contributed by atoms with Gasteiger partial charge in [-0.3, -0.25) is 0 Å². The van der Waals surface area contributed by atoms with Crippen LogP contribution in [0.5, 0.6) is 17.2 Å². The molecule has 7 heteroatoms. The molecular formula is C29H32N4O3. The molecule has 0 spiro atoms. The van der Waals surface area contributed by atoms with Crippen molar-refractivity contribution in [1.82, 2.24) is 0 Å². The lowest BCUT2D eigenvalue weighted by Gasteiger charge is -2.14. The molecule has 2 aliphatic rings. The molecule has 36 heavy (non-hydrogen) atoms. The van der Waals surface area contributed by atoms with Crippen LogP contribution in [0.25, 0.3) is 0 Å². The Morgan fingerprint density at radius 3 is 2.50 bits per heavy atom. The zero-order valence-electron chi connectivity index (χ0n) is 20.6. The number of phenolic OH excluding ortho intramolecular Hbond substituents is 1. The second-order valence-corrected chi connectivity index (χ2v) is 9.36. The minimum absolute atomic E-state index is 0.156. The molecule has 1 unspecified atom stereocenters. The maximum atomic E-state index is 11.1. The van der Waals surface area contributed by atoms with Gasteiger partial charge in [0.2, 0.25) is 6.17 Å². The van der Waals surface area contributed by atoms with Crippen molar-refractivity contribution in [2.24, 2.45) is 20.7 Å². The summed E-state index contributed by atoms with van der Waals surface area (Å²) in [6.07, 6.45) is 6.02. The summed E-state index contributed by atoms with van der Waals surface area (Å²) in [5, 5.41) is 26.1. The smallest absolute Gasteiger partial charge is 0.210 e. The summed E-state index contributed by atoms with van der Waals surface area (Å²) in [4.78, 5) is 0. The van der Waals surface area contributed by atoms with Crippen molar-refractivity contribution in [2.45, 2.75) is 64.1 Å². The quantitative estimate of drug-likeness (QED) is 0.294. The van der Waals surface area contributed by atoms with E-state index in [2.05, 4.69) is 51.9 Å². The molecule has 2 heterocycles. The number of fused-ring (bicyclic) bond motifs is 1. The predicted molar refractivity (Wildman–Crippen MR) is 138 cm³/mol. The van der Waals surface area contributed by atoms with E-state index in [0.29, 0.717) is 12.4 Å². The minimum Gasteiger partial charge on any atom is -0.507 e. The standard InChI is InChI=1S/C29H32N4O3/c1-2-7-25-26-19-24(14-11-20-8-4-3-5-9-20)36-27(26)18-22(28(25)34)10-6-17-35-23-15-12-21(13-16-23)29-30-32-33-31-29/h3-5,8-9,12-13,15-16,18,24,29,34H,2,6-7,10-11,14,17,19H2,1H3. The molecule has 5 rings (SSSR count). The Balaban J connectivity index is 1.18. The van der Waals surface area contributed by atoms with Crippen LogP contribution in [0.1, 0.15) is 60.2 Å². The minimum atomic E-state index is -0.348. The van der Waals surface area contributed by atoms with Crippen LogP contribution >= 0.6 is 0 Å². The fourth-order valence-corrected chi connectivity index (χ4v) is 4.91. The largest absolute Gasteiger partial charge is 0.507 e. The summed E-state index contributed by atoms with van der Waals surface area (Å²) in [6.45, 7) is 2.71. The van der Waals surface area contributed by atoms with Crippen LogP contribution < -0.4 is 9.47 Å². The highest BCUT2D eigenvalue weighted by Gasteiger charge is 2.28. The fourth-order valence-electron chi connectivity index (χ4n) is 4.91. The van der Waals surface area contributed by atoms with E-state index in [1.54, 1.807) is 0 Å². The lowest BCUT2D eigenvalue weighted by atomic mass is 9.93. The summed E-state index contributed by atoms with van der Waals surface area (Å²) in [7, 11) is 0. The summed E-state index contributed by atoms with van der Waals surface area (Å²) in [6, 6.07) is 20.3. The molecule has 0 fully saturated rings. The van der Waals surface area contributed by atoms with E-state index >= 15 is 0 Å². The van der Waals surface area contributed by atoms with Gasteiger partial charge in [-0.2, -0.15) is 0 Å². The topological polar surface area (TPSA) is 88.1 Å². The fraction of sp³-hybridized carbons (Fsp3) is 0.379. The molecule has 1 N–H and O–H groups in total. The van der Waals surface area contributed by atoms with E-state index < -0.39 is 0 Å². The highest BCUT2D eigenvalue weighted by Crippen LogP contribution is 2.41. The van der Waals surface area contributed by atoms with Gasteiger partial charge in [-0.1, -0.05) is 55.8 Å². The van der Waals surface area contributed by atoms with Crippen LogP contribution in [0.3, 0.4) is 0 Å². The second-order valence-electron chi connectivity index (χ2n) is 9.36. The van der Waals surface area contributed by atoms with Crippen molar-refractivity contribution in [1.29, 1.82) is 0 Å². The Bertz CT molecular complexity index is 1210. The van der Waals surface area contributed by atoms with Crippen LogP contribution in [-0.2, 0) is 25.7 Å². The van der Waals surface area contributed by atoms with E-state index in [1.807, 2.05) is 36.4 Å². The summed E-state index contributed by atoms with van der Waals surface area (Å²) in [5.41, 5.74) is 5.45. The van der Waals surface area contributed by atoms with Gasteiger partial charge in [0, 0.05) is 23.1 Å². The number of ether oxygens (including phenoxy) is 2. The average Bonchev–Trinajstić information content (AvgIpc) is 3.59. The summed E-state index contributed by atoms with van der Waals surface area (Å²) >= 11 is 0. The number of phenols is 1. The van der Waals surface area contributed by atoms with Crippen molar-refractivity contribution in [3.63, 3.8) is 0 Å². The molecule has 0 amide bonds. The molecule has 3 aromatic carbocycles. The zero-order valence-corrected chi connectivity index (χ0v) is 20.6. The Labute approximate surface area is 211 Å². The maximum Gasteiger partial charge on any atom is 0.210 e. The Morgan fingerprint density at radius 2 is 1.75 bits per heavy atom. The SMILES string of the molecule is CCCc1c(O)c(CCCOc2ccc(C3N=NN=N3)cc2)cc2c1CC(CCc1ccccc1)O2. The Morgan fingerprint density at radius 1 is 0.972 bits per heavy atom. The predicted octanol–water partition coefficient (Wildman–Crippen LogP) is 7.12. The molecule has 0 saturated carbocycles. The van der Waals surface area contributed by atoms with Crippen molar-refractivity contribution < 1.29 is 14.6 Å². The third-order valence-corrected chi connectivity index (χ3v) is 6.78. The van der Waals surface area contributed by atoms with E-state index in [-0.39, 0.29) is 12.3 Å². The summed E-state index contributed by atoms with van der Waals surface area (Å²) in [5.74, 6) is 2.18. The number of hydrogen-bond acceptors (Lipinski definition) is 7. The number of benzene rings is 3. The molecule has 3 aromatic rings. The Kier molecular flexibility index (Phi) is 7.55. The average molecular weight is 485 g/mol. The Hall–Kier alpha value is -3.74. The van der Waals surface area contributed by atoms with Gasteiger partial charge in [-0.05, 0) is 71.9 Å². The van der Waals surface area contributed by atoms with Crippen molar-refractivity contribution >= 4 is 0 Å². The van der Waals surface area contributed by atoms with Gasteiger partial charge >= 0.3 is 0 Å². The normalized spacial score (nSPS) is 16.3. The highest BCUT2D eigenvalue weighted by atomic mass is 16.5. The first kappa shape index (κ1) is 24.0. The van der Waals surface area contributed by atoms with Crippen LogP contribution in [0, 0.1) is 0 Å².